The van der Waals surface area contributed by atoms with E-state index in [0.29, 0.717) is 16.9 Å². The number of hydrogen-bond acceptors (Lipinski definition) is 3. The summed E-state index contributed by atoms with van der Waals surface area (Å²) in [5.74, 6) is 0. The Labute approximate surface area is 117 Å². The quantitative estimate of drug-likeness (QED) is 0.668. The van der Waals surface area contributed by atoms with Crippen LogP contribution < -0.4 is 0 Å². The lowest BCUT2D eigenvalue weighted by molar-refractivity contribution is 1.18. The molecule has 0 atom stereocenters. The van der Waals surface area contributed by atoms with E-state index in [1.807, 2.05) is 56.3 Å². The molecule has 3 nitrogen and oxygen atoms in total. The van der Waals surface area contributed by atoms with Crippen molar-refractivity contribution in [2.24, 2.45) is 0 Å². The van der Waals surface area contributed by atoms with Crippen molar-refractivity contribution in [2.45, 2.75) is 13.8 Å². The average Bonchev–Trinajstić information content (AvgIpc) is 2.47. The predicted octanol–water partition coefficient (Wildman–Crippen LogP) is 3.79. The molecule has 2 heterocycles. The number of hydrogen-bond donors (Lipinski definition) is 0. The summed E-state index contributed by atoms with van der Waals surface area (Å²) in [4.78, 5) is 9.08. The summed E-state index contributed by atoms with van der Waals surface area (Å²) in [6.45, 7) is 3.97. The molecule has 0 amide bonds. The SMILES string of the molecule is Cc1cc(C)c2cc(C#N)c(-c3ccccc3)nc2n1. The van der Waals surface area contributed by atoms with Crippen molar-refractivity contribution in [1.82, 2.24) is 9.97 Å². The van der Waals surface area contributed by atoms with Crippen molar-refractivity contribution in [3.05, 3.63) is 59.3 Å². The van der Waals surface area contributed by atoms with E-state index in [9.17, 15) is 5.26 Å². The maximum absolute atomic E-state index is 9.37. The van der Waals surface area contributed by atoms with Gasteiger partial charge < -0.3 is 0 Å². The number of nitrogens with zero attached hydrogens (tertiary/aromatic N) is 3. The number of aromatic nitrogens is 2. The molecule has 3 rings (SSSR count). The van der Waals surface area contributed by atoms with Gasteiger partial charge in [0.1, 0.15) is 6.07 Å². The highest BCUT2D eigenvalue weighted by molar-refractivity contribution is 5.84. The van der Waals surface area contributed by atoms with E-state index in [0.717, 1.165) is 22.2 Å². The van der Waals surface area contributed by atoms with Crippen LogP contribution in [0.15, 0.2) is 42.5 Å². The summed E-state index contributed by atoms with van der Waals surface area (Å²) in [6.07, 6.45) is 0. The second kappa shape index (κ2) is 4.75. The first-order valence-corrected chi connectivity index (χ1v) is 6.43. The van der Waals surface area contributed by atoms with Crippen LogP contribution in [-0.2, 0) is 0 Å². The molecule has 0 aliphatic carbocycles. The predicted molar refractivity (Wildman–Crippen MR) is 79.2 cm³/mol. The van der Waals surface area contributed by atoms with Gasteiger partial charge in [0.25, 0.3) is 0 Å². The number of pyridine rings is 2. The van der Waals surface area contributed by atoms with Crippen molar-refractivity contribution in [3.63, 3.8) is 0 Å². The van der Waals surface area contributed by atoms with E-state index in [1.54, 1.807) is 0 Å². The number of fused-ring (bicyclic) bond motifs is 1. The molecule has 96 valence electrons. The Hall–Kier alpha value is -2.73. The Bertz CT molecular complexity index is 830. The fourth-order valence-electron chi connectivity index (χ4n) is 2.37. The first-order valence-electron chi connectivity index (χ1n) is 6.43. The summed E-state index contributed by atoms with van der Waals surface area (Å²) in [7, 11) is 0. The lowest BCUT2D eigenvalue weighted by Gasteiger charge is -2.08. The second-order valence-corrected chi connectivity index (χ2v) is 4.81. The smallest absolute Gasteiger partial charge is 0.160 e. The van der Waals surface area contributed by atoms with Gasteiger partial charge in [-0.2, -0.15) is 5.26 Å². The van der Waals surface area contributed by atoms with Crippen LogP contribution in [0.4, 0.5) is 0 Å². The molecule has 0 bridgehead atoms. The molecular formula is C17H13N3. The van der Waals surface area contributed by atoms with Crippen molar-refractivity contribution in [2.75, 3.05) is 0 Å². The summed E-state index contributed by atoms with van der Waals surface area (Å²) in [6, 6.07) is 15.9. The fraction of sp³-hybridized carbons (Fsp3) is 0.118. The second-order valence-electron chi connectivity index (χ2n) is 4.81. The van der Waals surface area contributed by atoms with Gasteiger partial charge >= 0.3 is 0 Å². The molecule has 0 fully saturated rings. The topological polar surface area (TPSA) is 49.6 Å². The molecule has 0 unspecified atom stereocenters. The monoisotopic (exact) mass is 259 g/mol. The Balaban J connectivity index is 2.36. The van der Waals surface area contributed by atoms with Gasteiger partial charge in [-0.05, 0) is 31.5 Å². The minimum atomic E-state index is 0.581. The molecule has 1 aromatic carbocycles. The van der Waals surface area contributed by atoms with Crippen LogP contribution >= 0.6 is 0 Å². The van der Waals surface area contributed by atoms with Crippen LogP contribution in [0.3, 0.4) is 0 Å². The number of rotatable bonds is 1. The lowest BCUT2D eigenvalue weighted by Crippen LogP contribution is -1.96. The maximum Gasteiger partial charge on any atom is 0.160 e. The van der Waals surface area contributed by atoms with E-state index in [1.165, 1.54) is 0 Å². The maximum atomic E-state index is 9.37. The van der Waals surface area contributed by atoms with Crippen molar-refractivity contribution in [3.8, 4) is 17.3 Å². The Morgan fingerprint density at radius 3 is 2.45 bits per heavy atom. The third-order valence-corrected chi connectivity index (χ3v) is 3.30. The van der Waals surface area contributed by atoms with E-state index in [2.05, 4.69) is 16.0 Å². The molecule has 0 saturated heterocycles. The molecule has 20 heavy (non-hydrogen) atoms. The zero-order valence-corrected chi connectivity index (χ0v) is 11.4. The van der Waals surface area contributed by atoms with Crippen LogP contribution in [0, 0.1) is 25.2 Å². The molecule has 0 saturated carbocycles. The Morgan fingerprint density at radius 1 is 1.00 bits per heavy atom. The molecule has 0 radical (unpaired) electrons. The van der Waals surface area contributed by atoms with Crippen molar-refractivity contribution >= 4 is 11.0 Å². The molecule has 3 heteroatoms. The molecule has 2 aromatic heterocycles. The van der Waals surface area contributed by atoms with Gasteiger partial charge in [0.2, 0.25) is 0 Å². The van der Waals surface area contributed by atoms with Gasteiger partial charge in [-0.1, -0.05) is 30.3 Å². The first kappa shape index (κ1) is 12.3. The summed E-state index contributed by atoms with van der Waals surface area (Å²) in [5.41, 5.74) is 4.94. The number of nitriles is 1. The van der Waals surface area contributed by atoms with E-state index < -0.39 is 0 Å². The molecule has 0 spiro atoms. The zero-order chi connectivity index (χ0) is 14.1. The molecular weight excluding hydrogens is 246 g/mol. The lowest BCUT2D eigenvalue weighted by atomic mass is 10.0. The van der Waals surface area contributed by atoms with Gasteiger partial charge in [-0.3, -0.25) is 0 Å². The van der Waals surface area contributed by atoms with E-state index in [4.69, 9.17) is 0 Å². The van der Waals surface area contributed by atoms with Crippen LogP contribution in [0.2, 0.25) is 0 Å². The largest absolute Gasteiger partial charge is 0.233 e. The fourth-order valence-corrected chi connectivity index (χ4v) is 2.37. The minimum Gasteiger partial charge on any atom is -0.233 e. The highest BCUT2D eigenvalue weighted by Gasteiger charge is 2.11. The van der Waals surface area contributed by atoms with E-state index in [-0.39, 0.29) is 0 Å². The average molecular weight is 259 g/mol. The number of benzene rings is 1. The third kappa shape index (κ3) is 2.02. The number of aryl methyl sites for hydroxylation is 2. The van der Waals surface area contributed by atoms with E-state index >= 15 is 0 Å². The standard InChI is InChI=1S/C17H13N3/c1-11-8-12(2)19-17-15(11)9-14(10-18)16(20-17)13-6-4-3-5-7-13/h3-9H,1-2H3. The molecule has 3 aromatic rings. The van der Waals surface area contributed by atoms with Crippen molar-refractivity contribution in [1.29, 1.82) is 5.26 Å². The van der Waals surface area contributed by atoms with Crippen molar-refractivity contribution < 1.29 is 0 Å². The zero-order valence-electron chi connectivity index (χ0n) is 11.4. The van der Waals surface area contributed by atoms with Gasteiger partial charge in [0.05, 0.1) is 11.3 Å². The van der Waals surface area contributed by atoms with Gasteiger partial charge in [0, 0.05) is 16.6 Å². The minimum absolute atomic E-state index is 0.581. The van der Waals surface area contributed by atoms with Crippen LogP contribution in [0.5, 0.6) is 0 Å². The summed E-state index contributed by atoms with van der Waals surface area (Å²) >= 11 is 0. The normalized spacial score (nSPS) is 10.4. The third-order valence-electron chi connectivity index (χ3n) is 3.30. The van der Waals surface area contributed by atoms with Crippen LogP contribution in [0.25, 0.3) is 22.3 Å². The van der Waals surface area contributed by atoms with Crippen LogP contribution in [-0.4, -0.2) is 9.97 Å². The van der Waals surface area contributed by atoms with Gasteiger partial charge in [-0.15, -0.1) is 0 Å². The molecule has 0 N–H and O–H groups in total. The highest BCUT2D eigenvalue weighted by atomic mass is 14.9. The van der Waals surface area contributed by atoms with Crippen LogP contribution in [0.1, 0.15) is 16.8 Å². The highest BCUT2D eigenvalue weighted by Crippen LogP contribution is 2.26. The summed E-state index contributed by atoms with van der Waals surface area (Å²) < 4.78 is 0. The first-order chi connectivity index (χ1) is 9.69. The Morgan fingerprint density at radius 2 is 1.75 bits per heavy atom. The molecule has 0 aliphatic rings. The summed E-state index contributed by atoms with van der Waals surface area (Å²) in [5, 5.41) is 10.3. The Kier molecular flexibility index (Phi) is 2.92. The van der Waals surface area contributed by atoms with Gasteiger partial charge in [-0.25, -0.2) is 9.97 Å². The van der Waals surface area contributed by atoms with Gasteiger partial charge in [0.15, 0.2) is 5.65 Å². The molecule has 0 aliphatic heterocycles.